The maximum Gasteiger partial charge on any atom is 0.305 e. The molecular weight excluding hydrogens is 634 g/mol. The zero-order valence-electron chi connectivity index (χ0n) is 23.6. The molecule has 7 rings (SSSR count). The number of nitrogens with zero attached hydrogens (tertiary/aromatic N) is 1. The van der Waals surface area contributed by atoms with E-state index in [1.165, 1.54) is 23.8 Å². The van der Waals surface area contributed by atoms with Crippen molar-refractivity contribution in [3.63, 3.8) is 0 Å². The van der Waals surface area contributed by atoms with Gasteiger partial charge in [-0.15, -0.1) is 0 Å². The number of carbonyl (C=O) groups is 3. The number of fused-ring (bicyclic) bond motifs is 3. The second-order valence-corrected chi connectivity index (χ2v) is 13.1. The van der Waals surface area contributed by atoms with Crippen molar-refractivity contribution < 1.29 is 23.9 Å². The Hall–Kier alpha value is -4.58. The molecule has 3 heterocycles. The van der Waals surface area contributed by atoms with E-state index < -0.39 is 17.1 Å². The Labute approximate surface area is 270 Å². The molecule has 1 fully saturated rings. The zero-order chi connectivity index (χ0) is 31.2. The van der Waals surface area contributed by atoms with Crippen molar-refractivity contribution in [3.8, 4) is 11.5 Å². The van der Waals surface area contributed by atoms with Crippen molar-refractivity contribution >= 4 is 74.6 Å². The number of amides is 3. The Morgan fingerprint density at radius 3 is 2.53 bits per heavy atom. The first-order chi connectivity index (χ1) is 21.8. The van der Waals surface area contributed by atoms with Gasteiger partial charge in [-0.05, 0) is 53.4 Å². The van der Waals surface area contributed by atoms with Crippen LogP contribution in [0.25, 0.3) is 10.8 Å². The number of hydrogen-bond acceptors (Lipinski definition) is 8. The normalized spacial score (nSPS) is 18.9. The SMILES string of the molecule is COc1cc([C@@H]2c3sc(=O)[nH]c3S[C@H]3C(=O)N(c4ccc(Cl)cc4)C(=O)[C@@H]23)ccc1OCC(=O)Nc1cccc2ccccc12. The fourth-order valence-corrected chi connectivity index (χ4v) is 8.52. The zero-order valence-corrected chi connectivity index (χ0v) is 26.0. The molecule has 45 heavy (non-hydrogen) atoms. The van der Waals surface area contributed by atoms with Crippen molar-refractivity contribution in [2.24, 2.45) is 5.92 Å². The molecule has 5 aromatic rings. The Bertz CT molecular complexity index is 2040. The lowest BCUT2D eigenvalue weighted by atomic mass is 9.83. The molecule has 2 N–H and O–H groups in total. The molecule has 1 aromatic heterocycles. The third-order valence-electron chi connectivity index (χ3n) is 7.88. The first-order valence-corrected chi connectivity index (χ1v) is 16.0. The van der Waals surface area contributed by atoms with Crippen molar-refractivity contribution in [1.82, 2.24) is 4.98 Å². The van der Waals surface area contributed by atoms with Crippen LogP contribution in [0.4, 0.5) is 11.4 Å². The van der Waals surface area contributed by atoms with Crippen LogP contribution in [0.5, 0.6) is 11.5 Å². The average molecular weight is 658 g/mol. The molecule has 3 atom stereocenters. The number of H-pyrrole nitrogens is 1. The highest BCUT2D eigenvalue weighted by Gasteiger charge is 2.56. The van der Waals surface area contributed by atoms with Gasteiger partial charge in [-0.2, -0.15) is 0 Å². The van der Waals surface area contributed by atoms with E-state index >= 15 is 0 Å². The number of carbonyl (C=O) groups excluding carboxylic acids is 3. The van der Waals surface area contributed by atoms with Gasteiger partial charge >= 0.3 is 4.87 Å². The minimum Gasteiger partial charge on any atom is -0.493 e. The van der Waals surface area contributed by atoms with Crippen molar-refractivity contribution in [3.05, 3.63) is 110 Å². The fraction of sp³-hybridized carbons (Fsp3) is 0.152. The van der Waals surface area contributed by atoms with Crippen LogP contribution < -0.4 is 24.6 Å². The number of methoxy groups -OCH3 is 1. The van der Waals surface area contributed by atoms with Crippen molar-refractivity contribution in [2.45, 2.75) is 16.2 Å². The first kappa shape index (κ1) is 29.1. The number of benzene rings is 4. The number of imide groups is 1. The molecule has 12 heteroatoms. The number of nitrogens with one attached hydrogen (secondary N) is 2. The second-order valence-electron chi connectivity index (χ2n) is 10.5. The van der Waals surface area contributed by atoms with Gasteiger partial charge in [-0.3, -0.25) is 19.2 Å². The summed E-state index contributed by atoms with van der Waals surface area (Å²) in [6.07, 6.45) is 0. The highest BCUT2D eigenvalue weighted by atomic mass is 35.5. The summed E-state index contributed by atoms with van der Waals surface area (Å²) in [6, 6.07) is 25.1. The van der Waals surface area contributed by atoms with Gasteiger partial charge in [0.2, 0.25) is 11.8 Å². The second kappa shape index (κ2) is 11.7. The van der Waals surface area contributed by atoms with Crippen LogP contribution in [0.3, 0.4) is 0 Å². The lowest BCUT2D eigenvalue weighted by molar-refractivity contribution is -0.122. The number of thiazole rings is 1. The van der Waals surface area contributed by atoms with Gasteiger partial charge in [0.15, 0.2) is 18.1 Å². The van der Waals surface area contributed by atoms with Gasteiger partial charge in [0.1, 0.15) is 5.25 Å². The summed E-state index contributed by atoms with van der Waals surface area (Å²) in [5.74, 6) is -1.75. The highest BCUT2D eigenvalue weighted by Crippen LogP contribution is 2.53. The standard InChI is InChI=1S/C33H24ClN3O6S2/c1-42-24-15-18(9-14-23(24)43-16-25(38)35-22-8-4-6-17-5-2-3-7-21(17)22)26-27-29(44-30-28(26)45-33(41)36-30)32(40)37(31(27)39)20-12-10-19(34)11-13-20/h2-15,26-27,29H,16H2,1H3,(H,35,38)(H,36,41)/t26-,27-,29+/m0/s1. The minimum atomic E-state index is -0.764. The van der Waals surface area contributed by atoms with Gasteiger partial charge in [-0.1, -0.05) is 77.2 Å². The third kappa shape index (κ3) is 5.26. The van der Waals surface area contributed by atoms with E-state index in [-0.39, 0.29) is 29.2 Å². The number of halogens is 1. The predicted octanol–water partition coefficient (Wildman–Crippen LogP) is 6.06. The van der Waals surface area contributed by atoms with E-state index in [9.17, 15) is 19.2 Å². The summed E-state index contributed by atoms with van der Waals surface area (Å²) in [6.45, 7) is -0.268. The van der Waals surface area contributed by atoms with Gasteiger partial charge in [0.25, 0.3) is 5.91 Å². The molecule has 0 unspecified atom stereocenters. The van der Waals surface area contributed by atoms with Crippen molar-refractivity contribution in [1.29, 1.82) is 0 Å². The van der Waals surface area contributed by atoms with E-state index in [1.54, 1.807) is 42.5 Å². The largest absolute Gasteiger partial charge is 0.493 e. The molecule has 4 aromatic carbocycles. The Kier molecular flexibility index (Phi) is 7.60. The molecule has 0 bridgehead atoms. The number of aromatic amines is 1. The molecule has 0 radical (unpaired) electrons. The van der Waals surface area contributed by atoms with Gasteiger partial charge < -0.3 is 19.8 Å². The number of ether oxygens (including phenoxy) is 2. The molecule has 0 aliphatic carbocycles. The summed E-state index contributed by atoms with van der Waals surface area (Å²) in [4.78, 5) is 57.3. The lowest BCUT2D eigenvalue weighted by Gasteiger charge is -2.30. The molecule has 2 aliphatic heterocycles. The van der Waals surface area contributed by atoms with Crippen LogP contribution >= 0.6 is 34.7 Å². The summed E-state index contributed by atoms with van der Waals surface area (Å²) < 4.78 is 11.5. The van der Waals surface area contributed by atoms with Crippen LogP contribution in [-0.4, -0.2) is 41.7 Å². The molecule has 0 saturated carbocycles. The van der Waals surface area contributed by atoms with E-state index in [2.05, 4.69) is 10.3 Å². The highest BCUT2D eigenvalue weighted by molar-refractivity contribution is 8.00. The Morgan fingerprint density at radius 1 is 0.956 bits per heavy atom. The van der Waals surface area contributed by atoms with Crippen LogP contribution in [0.1, 0.15) is 16.4 Å². The minimum absolute atomic E-state index is 0.268. The monoisotopic (exact) mass is 657 g/mol. The molecule has 0 spiro atoms. The number of thioether (sulfide) groups is 1. The van der Waals surface area contributed by atoms with E-state index in [4.69, 9.17) is 21.1 Å². The molecular formula is C33H24ClN3O6S2. The Balaban J connectivity index is 1.16. The number of anilines is 2. The summed E-state index contributed by atoms with van der Waals surface area (Å²) in [5.41, 5.74) is 1.78. The topological polar surface area (TPSA) is 118 Å². The van der Waals surface area contributed by atoms with Crippen LogP contribution in [0.2, 0.25) is 5.02 Å². The summed E-state index contributed by atoms with van der Waals surface area (Å²) in [7, 11) is 1.48. The molecule has 2 aliphatic rings. The Morgan fingerprint density at radius 2 is 1.73 bits per heavy atom. The molecule has 226 valence electrons. The van der Waals surface area contributed by atoms with Crippen molar-refractivity contribution in [2.75, 3.05) is 23.9 Å². The number of hydrogen-bond donors (Lipinski definition) is 2. The third-order valence-corrected chi connectivity index (χ3v) is 10.5. The lowest BCUT2D eigenvalue weighted by Crippen LogP contribution is -2.32. The van der Waals surface area contributed by atoms with E-state index in [0.717, 1.165) is 22.1 Å². The quantitative estimate of drug-likeness (QED) is 0.204. The maximum absolute atomic E-state index is 13.9. The molecule has 3 amide bonds. The summed E-state index contributed by atoms with van der Waals surface area (Å²) >= 11 is 8.27. The maximum atomic E-state index is 13.9. The predicted molar refractivity (Wildman–Crippen MR) is 175 cm³/mol. The molecule has 9 nitrogen and oxygen atoms in total. The van der Waals surface area contributed by atoms with Crippen LogP contribution in [0.15, 0.2) is 94.7 Å². The summed E-state index contributed by atoms with van der Waals surface area (Å²) in [5, 5.41) is 5.14. The average Bonchev–Trinajstić information content (AvgIpc) is 3.54. The smallest absolute Gasteiger partial charge is 0.305 e. The van der Waals surface area contributed by atoms with Gasteiger partial charge in [-0.25, -0.2) is 4.90 Å². The number of rotatable bonds is 7. The number of aromatic nitrogens is 1. The van der Waals surface area contributed by atoms with Crippen LogP contribution in [-0.2, 0) is 14.4 Å². The van der Waals surface area contributed by atoms with E-state index in [1.807, 2.05) is 42.5 Å². The first-order valence-electron chi connectivity index (χ1n) is 13.9. The van der Waals surface area contributed by atoms with Gasteiger partial charge in [0, 0.05) is 26.9 Å². The van der Waals surface area contributed by atoms with Gasteiger partial charge in [0.05, 0.1) is 23.7 Å². The van der Waals surface area contributed by atoms with E-state index in [0.29, 0.717) is 43.4 Å². The van der Waals surface area contributed by atoms with Crippen LogP contribution in [0, 0.1) is 5.92 Å². The fourth-order valence-electron chi connectivity index (χ4n) is 5.88. The molecule has 1 saturated heterocycles.